The van der Waals surface area contributed by atoms with Crippen LogP contribution < -0.4 is 4.90 Å². The summed E-state index contributed by atoms with van der Waals surface area (Å²) in [6, 6.07) is 3.89. The first-order chi connectivity index (χ1) is 10.3. The maximum Gasteiger partial charge on any atom is 0.409 e. The van der Waals surface area contributed by atoms with Crippen LogP contribution in [-0.2, 0) is 14.6 Å². The smallest absolute Gasteiger partial charge is 0.409 e. The molecule has 0 N–H and O–H groups in total. The molecule has 1 aromatic carbocycles. The van der Waals surface area contributed by atoms with Gasteiger partial charge in [-0.05, 0) is 25.1 Å². The van der Waals surface area contributed by atoms with Crippen molar-refractivity contribution in [3.8, 4) is 0 Å². The van der Waals surface area contributed by atoms with E-state index >= 15 is 0 Å². The molecule has 8 heteroatoms. The van der Waals surface area contributed by atoms with Crippen LogP contribution in [0.25, 0.3) is 0 Å². The molecule has 0 radical (unpaired) electrons. The number of anilines is 1. The Morgan fingerprint density at radius 1 is 1.27 bits per heavy atom. The Hall–Kier alpha value is -1.83. The first-order valence-corrected chi connectivity index (χ1v) is 8.88. The highest BCUT2D eigenvalue weighted by Gasteiger charge is 2.24. The summed E-state index contributed by atoms with van der Waals surface area (Å²) in [5.41, 5.74) is 0.343. The Morgan fingerprint density at radius 3 is 2.41 bits per heavy atom. The molecule has 0 unspecified atom stereocenters. The maximum atomic E-state index is 14.1. The van der Waals surface area contributed by atoms with Gasteiger partial charge in [-0.1, -0.05) is 0 Å². The van der Waals surface area contributed by atoms with Crippen LogP contribution in [0.5, 0.6) is 0 Å². The highest BCUT2D eigenvalue weighted by atomic mass is 32.2. The zero-order valence-corrected chi connectivity index (χ0v) is 13.4. The SMILES string of the molecule is CCOC(=O)N1CCN(c2ccc(S(C)(=O)=O)cc2F)CC1. The van der Waals surface area contributed by atoms with Gasteiger partial charge in [-0.2, -0.15) is 0 Å². The van der Waals surface area contributed by atoms with E-state index in [9.17, 15) is 17.6 Å². The summed E-state index contributed by atoms with van der Waals surface area (Å²) in [5.74, 6) is -0.576. The molecular formula is C14H19FN2O4S. The zero-order chi connectivity index (χ0) is 16.3. The van der Waals surface area contributed by atoms with E-state index in [1.54, 1.807) is 16.7 Å². The molecule has 1 fully saturated rings. The van der Waals surface area contributed by atoms with E-state index in [4.69, 9.17) is 4.74 Å². The minimum Gasteiger partial charge on any atom is -0.450 e. The van der Waals surface area contributed by atoms with Crippen LogP contribution in [0.15, 0.2) is 23.1 Å². The van der Waals surface area contributed by atoms with Crippen molar-refractivity contribution < 1.29 is 22.3 Å². The summed E-state index contributed by atoms with van der Waals surface area (Å²) in [6.07, 6.45) is 0.676. The second kappa shape index (κ2) is 6.51. The van der Waals surface area contributed by atoms with Crippen molar-refractivity contribution >= 4 is 21.6 Å². The van der Waals surface area contributed by atoms with Gasteiger partial charge in [0, 0.05) is 32.4 Å². The number of ether oxygens (including phenoxy) is 1. The highest BCUT2D eigenvalue weighted by Crippen LogP contribution is 2.24. The number of rotatable bonds is 3. The quantitative estimate of drug-likeness (QED) is 0.840. The lowest BCUT2D eigenvalue weighted by Gasteiger charge is -2.35. The lowest BCUT2D eigenvalue weighted by Crippen LogP contribution is -2.49. The molecule has 2 rings (SSSR count). The zero-order valence-electron chi connectivity index (χ0n) is 12.6. The lowest BCUT2D eigenvalue weighted by atomic mass is 10.2. The fraction of sp³-hybridized carbons (Fsp3) is 0.500. The number of hydrogen-bond donors (Lipinski definition) is 0. The summed E-state index contributed by atoms with van der Waals surface area (Å²) in [6.45, 7) is 3.87. The molecule has 0 spiro atoms. The van der Waals surface area contributed by atoms with Crippen molar-refractivity contribution in [3.05, 3.63) is 24.0 Å². The summed E-state index contributed by atoms with van der Waals surface area (Å²) in [4.78, 5) is 14.9. The minimum absolute atomic E-state index is 0.0427. The van der Waals surface area contributed by atoms with E-state index in [-0.39, 0.29) is 11.0 Å². The molecule has 0 aromatic heterocycles. The third kappa shape index (κ3) is 3.68. The Kier molecular flexibility index (Phi) is 4.90. The number of sulfone groups is 1. The molecule has 0 bridgehead atoms. The lowest BCUT2D eigenvalue weighted by molar-refractivity contribution is 0.105. The van der Waals surface area contributed by atoms with E-state index in [2.05, 4.69) is 0 Å². The Balaban J connectivity index is 2.07. The van der Waals surface area contributed by atoms with Gasteiger partial charge in [0.1, 0.15) is 5.82 Å². The molecule has 6 nitrogen and oxygen atoms in total. The monoisotopic (exact) mass is 330 g/mol. The maximum absolute atomic E-state index is 14.1. The average Bonchev–Trinajstić information content (AvgIpc) is 2.46. The van der Waals surface area contributed by atoms with Crippen molar-refractivity contribution in [2.75, 3.05) is 43.9 Å². The predicted octanol–water partition coefficient (Wildman–Crippen LogP) is 1.51. The third-order valence-corrected chi connectivity index (χ3v) is 4.60. The summed E-state index contributed by atoms with van der Waals surface area (Å²) in [7, 11) is -3.43. The predicted molar refractivity (Wildman–Crippen MR) is 80.3 cm³/mol. The number of carbonyl (C=O) groups is 1. The van der Waals surface area contributed by atoms with Crippen molar-refractivity contribution in [2.24, 2.45) is 0 Å². The Bertz CT molecular complexity index is 655. The third-order valence-electron chi connectivity index (χ3n) is 3.49. The molecular weight excluding hydrogens is 311 g/mol. The number of piperazine rings is 1. The second-order valence-corrected chi connectivity index (χ2v) is 7.07. The van der Waals surface area contributed by atoms with Crippen molar-refractivity contribution in [2.45, 2.75) is 11.8 Å². The van der Waals surface area contributed by atoms with Gasteiger partial charge in [-0.3, -0.25) is 0 Å². The van der Waals surface area contributed by atoms with Gasteiger partial charge in [-0.15, -0.1) is 0 Å². The first-order valence-electron chi connectivity index (χ1n) is 6.99. The van der Waals surface area contributed by atoms with Gasteiger partial charge in [0.15, 0.2) is 9.84 Å². The number of halogens is 1. The molecule has 1 aliphatic heterocycles. The van der Waals surface area contributed by atoms with Crippen LogP contribution in [0, 0.1) is 5.82 Å². The van der Waals surface area contributed by atoms with Crippen LogP contribution in [-0.4, -0.2) is 58.5 Å². The van der Waals surface area contributed by atoms with Gasteiger partial charge >= 0.3 is 6.09 Å². The van der Waals surface area contributed by atoms with Crippen LogP contribution in [0.2, 0.25) is 0 Å². The van der Waals surface area contributed by atoms with E-state index in [0.29, 0.717) is 38.5 Å². The molecule has 1 heterocycles. The molecule has 1 saturated heterocycles. The summed E-state index contributed by atoms with van der Waals surface area (Å²) < 4.78 is 41.9. The van der Waals surface area contributed by atoms with Crippen LogP contribution in [0.3, 0.4) is 0 Å². The number of nitrogens with zero attached hydrogens (tertiary/aromatic N) is 2. The Labute approximate surface area is 129 Å². The number of hydrogen-bond acceptors (Lipinski definition) is 5. The van der Waals surface area contributed by atoms with E-state index < -0.39 is 15.7 Å². The Morgan fingerprint density at radius 2 is 1.91 bits per heavy atom. The topological polar surface area (TPSA) is 66.9 Å². The summed E-state index contributed by atoms with van der Waals surface area (Å²) >= 11 is 0. The molecule has 1 amide bonds. The highest BCUT2D eigenvalue weighted by molar-refractivity contribution is 7.90. The second-order valence-electron chi connectivity index (χ2n) is 5.06. The van der Waals surface area contributed by atoms with Crippen LogP contribution in [0.4, 0.5) is 14.9 Å². The van der Waals surface area contributed by atoms with E-state index in [1.165, 1.54) is 12.1 Å². The molecule has 0 aliphatic carbocycles. The molecule has 22 heavy (non-hydrogen) atoms. The standard InChI is InChI=1S/C14H19FN2O4S/c1-3-21-14(18)17-8-6-16(7-9-17)13-5-4-11(10-12(13)15)22(2,19)20/h4-5,10H,3,6-9H2,1-2H3. The van der Waals surface area contributed by atoms with E-state index in [0.717, 1.165) is 12.3 Å². The van der Waals surface area contributed by atoms with Crippen molar-refractivity contribution in [1.29, 1.82) is 0 Å². The molecule has 0 saturated carbocycles. The number of benzene rings is 1. The van der Waals surface area contributed by atoms with Crippen LogP contribution in [0.1, 0.15) is 6.92 Å². The van der Waals surface area contributed by atoms with Gasteiger partial charge in [0.25, 0.3) is 0 Å². The van der Waals surface area contributed by atoms with Crippen LogP contribution >= 0.6 is 0 Å². The molecule has 0 atom stereocenters. The fourth-order valence-electron chi connectivity index (χ4n) is 2.32. The average molecular weight is 330 g/mol. The normalized spacial score (nSPS) is 15.8. The minimum atomic E-state index is -3.43. The van der Waals surface area contributed by atoms with Gasteiger partial charge in [-0.25, -0.2) is 17.6 Å². The first kappa shape index (κ1) is 16.5. The largest absolute Gasteiger partial charge is 0.450 e. The number of carbonyl (C=O) groups excluding carboxylic acids is 1. The number of amides is 1. The molecule has 1 aromatic rings. The van der Waals surface area contributed by atoms with Crippen molar-refractivity contribution in [3.63, 3.8) is 0 Å². The van der Waals surface area contributed by atoms with Gasteiger partial charge < -0.3 is 14.5 Å². The molecule has 1 aliphatic rings. The summed E-state index contributed by atoms with van der Waals surface area (Å²) in [5, 5.41) is 0. The fourth-order valence-corrected chi connectivity index (χ4v) is 2.95. The molecule has 122 valence electrons. The van der Waals surface area contributed by atoms with E-state index in [1.807, 2.05) is 0 Å². The van der Waals surface area contributed by atoms with Gasteiger partial charge in [0.2, 0.25) is 0 Å². The van der Waals surface area contributed by atoms with Gasteiger partial charge in [0.05, 0.1) is 17.2 Å². The van der Waals surface area contributed by atoms with Crippen molar-refractivity contribution in [1.82, 2.24) is 4.90 Å².